The van der Waals surface area contributed by atoms with Crippen LogP contribution in [0, 0.1) is 16.0 Å². The van der Waals surface area contributed by atoms with Gasteiger partial charge in [0.2, 0.25) is 11.6 Å². The summed E-state index contributed by atoms with van der Waals surface area (Å²) >= 11 is 0. The molecule has 0 atom stereocenters. The predicted octanol–water partition coefficient (Wildman–Crippen LogP) is 5.70. The van der Waals surface area contributed by atoms with Crippen LogP contribution in [0.15, 0.2) is 54.9 Å². The van der Waals surface area contributed by atoms with Gasteiger partial charge in [-0.15, -0.1) is 0 Å². The van der Waals surface area contributed by atoms with E-state index in [9.17, 15) is 28.1 Å². The zero-order chi connectivity index (χ0) is 24.9. The third-order valence-corrected chi connectivity index (χ3v) is 4.42. The molecule has 0 fully saturated rings. The number of rotatable bonds is 8. The van der Waals surface area contributed by atoms with Gasteiger partial charge in [-0.3, -0.25) is 10.1 Å². The normalized spacial score (nSPS) is 11.2. The van der Waals surface area contributed by atoms with Gasteiger partial charge in [0.15, 0.2) is 0 Å². The van der Waals surface area contributed by atoms with Crippen LogP contribution >= 0.6 is 0 Å². The smallest absolute Gasteiger partial charge is 0.418 e. The quantitative estimate of drug-likeness (QED) is 0.242. The standard InChI is InChI=1S/C22H20F3N5O4/c1-13(2)11-34-21(31)14-7-9-15(10-8-14)28-19-18(30(32)33)20(27-12-26-19)29-17-6-4-3-5-16(17)22(23,24)25/h3-10,12-13H,11H2,1-2H3,(H2,26,27,28,29). The number of nitrogens with one attached hydrogen (secondary N) is 2. The monoisotopic (exact) mass is 475 g/mol. The molecule has 2 N–H and O–H groups in total. The second kappa shape index (κ2) is 10.1. The molecule has 0 saturated carbocycles. The summed E-state index contributed by atoms with van der Waals surface area (Å²) in [4.78, 5) is 30.6. The maximum Gasteiger partial charge on any atom is 0.418 e. The van der Waals surface area contributed by atoms with E-state index in [1.54, 1.807) is 0 Å². The Labute approximate surface area is 192 Å². The fourth-order valence-corrected chi connectivity index (χ4v) is 2.85. The second-order valence-electron chi connectivity index (χ2n) is 7.54. The number of carbonyl (C=O) groups is 1. The van der Waals surface area contributed by atoms with Gasteiger partial charge in [0, 0.05) is 5.69 Å². The van der Waals surface area contributed by atoms with Crippen molar-refractivity contribution in [2.45, 2.75) is 20.0 Å². The van der Waals surface area contributed by atoms with Crippen LogP contribution in [-0.2, 0) is 10.9 Å². The number of carbonyl (C=O) groups excluding carboxylic acids is 1. The lowest BCUT2D eigenvalue weighted by atomic mass is 10.1. The molecule has 0 amide bonds. The number of ether oxygens (including phenoxy) is 1. The molecule has 0 bridgehead atoms. The Balaban J connectivity index is 1.87. The molecule has 1 heterocycles. The molecule has 12 heteroatoms. The first-order valence-corrected chi connectivity index (χ1v) is 10.0. The molecule has 0 aliphatic rings. The zero-order valence-electron chi connectivity index (χ0n) is 18.1. The minimum atomic E-state index is -4.68. The maximum absolute atomic E-state index is 13.3. The summed E-state index contributed by atoms with van der Waals surface area (Å²) in [7, 11) is 0. The van der Waals surface area contributed by atoms with Gasteiger partial charge in [0.25, 0.3) is 0 Å². The molecule has 0 aliphatic carbocycles. The number of nitrogens with zero attached hydrogens (tertiary/aromatic N) is 3. The molecular formula is C22H20F3N5O4. The van der Waals surface area contributed by atoms with E-state index >= 15 is 0 Å². The fourth-order valence-electron chi connectivity index (χ4n) is 2.85. The molecule has 1 aromatic heterocycles. The Hall–Kier alpha value is -4.22. The molecule has 2 aromatic carbocycles. The van der Waals surface area contributed by atoms with Gasteiger partial charge in [-0.1, -0.05) is 26.0 Å². The van der Waals surface area contributed by atoms with Crippen LogP contribution < -0.4 is 10.6 Å². The van der Waals surface area contributed by atoms with Crippen LogP contribution in [0.3, 0.4) is 0 Å². The number of nitro groups is 1. The van der Waals surface area contributed by atoms with Crippen molar-refractivity contribution in [3.8, 4) is 0 Å². The van der Waals surface area contributed by atoms with Crippen molar-refractivity contribution >= 4 is 34.7 Å². The second-order valence-corrected chi connectivity index (χ2v) is 7.54. The summed E-state index contributed by atoms with van der Waals surface area (Å²) < 4.78 is 45.1. The number of hydrogen-bond donors (Lipinski definition) is 2. The van der Waals surface area contributed by atoms with E-state index in [2.05, 4.69) is 20.6 Å². The van der Waals surface area contributed by atoms with E-state index in [0.717, 1.165) is 18.5 Å². The summed E-state index contributed by atoms with van der Waals surface area (Å²) in [6.07, 6.45) is -3.70. The SMILES string of the molecule is CC(C)COC(=O)c1ccc(Nc2ncnc(Nc3ccccc3C(F)(F)F)c2[N+](=O)[O-])cc1. The van der Waals surface area contributed by atoms with Crippen molar-refractivity contribution in [2.24, 2.45) is 5.92 Å². The molecular weight excluding hydrogens is 455 g/mol. The lowest BCUT2D eigenvalue weighted by Gasteiger charge is -2.14. The van der Waals surface area contributed by atoms with Crippen molar-refractivity contribution in [3.63, 3.8) is 0 Å². The third kappa shape index (κ3) is 5.97. The summed E-state index contributed by atoms with van der Waals surface area (Å²) in [5.41, 5.74) is -1.41. The first-order valence-electron chi connectivity index (χ1n) is 10.0. The molecule has 0 spiro atoms. The van der Waals surface area contributed by atoms with Gasteiger partial charge in [0.05, 0.1) is 28.3 Å². The lowest BCUT2D eigenvalue weighted by Crippen LogP contribution is -2.11. The molecule has 3 aromatic rings. The highest BCUT2D eigenvalue weighted by Gasteiger charge is 2.34. The van der Waals surface area contributed by atoms with Crippen molar-refractivity contribution in [2.75, 3.05) is 17.2 Å². The Morgan fingerprint density at radius 2 is 1.68 bits per heavy atom. The van der Waals surface area contributed by atoms with Crippen LogP contribution in [0.1, 0.15) is 29.8 Å². The fraction of sp³-hybridized carbons (Fsp3) is 0.227. The number of alkyl halides is 3. The van der Waals surface area contributed by atoms with Gasteiger partial charge in [0.1, 0.15) is 6.33 Å². The van der Waals surface area contributed by atoms with Crippen molar-refractivity contribution in [3.05, 3.63) is 76.1 Å². The average molecular weight is 475 g/mol. The summed E-state index contributed by atoms with van der Waals surface area (Å²) in [6, 6.07) is 10.5. The predicted molar refractivity (Wildman–Crippen MR) is 118 cm³/mol. The van der Waals surface area contributed by atoms with Gasteiger partial charge < -0.3 is 15.4 Å². The number of anilines is 4. The molecule has 3 rings (SSSR count). The van der Waals surface area contributed by atoms with E-state index in [-0.39, 0.29) is 23.9 Å². The number of halogens is 3. The topological polar surface area (TPSA) is 119 Å². The van der Waals surface area contributed by atoms with Gasteiger partial charge in [-0.05, 0) is 42.3 Å². The highest BCUT2D eigenvalue weighted by Crippen LogP contribution is 2.38. The molecule has 34 heavy (non-hydrogen) atoms. The van der Waals surface area contributed by atoms with E-state index in [1.807, 2.05) is 13.8 Å². The van der Waals surface area contributed by atoms with Gasteiger partial charge in [-0.25, -0.2) is 14.8 Å². The average Bonchev–Trinajstić information content (AvgIpc) is 2.77. The highest BCUT2D eigenvalue weighted by molar-refractivity contribution is 5.90. The van der Waals surface area contributed by atoms with Crippen molar-refractivity contribution in [1.29, 1.82) is 0 Å². The molecule has 178 valence electrons. The zero-order valence-corrected chi connectivity index (χ0v) is 18.1. The van der Waals surface area contributed by atoms with Crippen molar-refractivity contribution in [1.82, 2.24) is 9.97 Å². The molecule has 0 unspecified atom stereocenters. The molecule has 0 radical (unpaired) electrons. The highest BCUT2D eigenvalue weighted by atomic mass is 19.4. The van der Waals surface area contributed by atoms with Gasteiger partial charge >= 0.3 is 17.8 Å². The van der Waals surface area contributed by atoms with Crippen LogP contribution in [0.2, 0.25) is 0 Å². The maximum atomic E-state index is 13.3. The van der Waals surface area contributed by atoms with Crippen LogP contribution in [-0.4, -0.2) is 27.5 Å². The first kappa shape index (κ1) is 24.4. The lowest BCUT2D eigenvalue weighted by molar-refractivity contribution is -0.383. The summed E-state index contributed by atoms with van der Waals surface area (Å²) in [6.45, 7) is 4.07. The van der Waals surface area contributed by atoms with E-state index in [0.29, 0.717) is 5.69 Å². The number of benzene rings is 2. The van der Waals surface area contributed by atoms with Gasteiger partial charge in [-0.2, -0.15) is 13.2 Å². The minimum Gasteiger partial charge on any atom is -0.462 e. The van der Waals surface area contributed by atoms with E-state index in [1.165, 1.54) is 36.4 Å². The Bertz CT molecular complexity index is 1180. The number of hydrogen-bond acceptors (Lipinski definition) is 8. The number of aromatic nitrogens is 2. The summed E-state index contributed by atoms with van der Waals surface area (Å²) in [5.74, 6) is -1.01. The van der Waals surface area contributed by atoms with Crippen LogP contribution in [0.4, 0.5) is 41.9 Å². The number of para-hydroxylation sites is 1. The van der Waals surface area contributed by atoms with E-state index < -0.39 is 39.8 Å². The minimum absolute atomic E-state index is 0.175. The van der Waals surface area contributed by atoms with E-state index in [4.69, 9.17) is 4.74 Å². The Kier molecular flexibility index (Phi) is 7.29. The van der Waals surface area contributed by atoms with Crippen molar-refractivity contribution < 1.29 is 27.6 Å². The third-order valence-electron chi connectivity index (χ3n) is 4.42. The Morgan fingerprint density at radius 1 is 1.06 bits per heavy atom. The van der Waals surface area contributed by atoms with Crippen LogP contribution in [0.25, 0.3) is 0 Å². The molecule has 0 aliphatic heterocycles. The largest absolute Gasteiger partial charge is 0.462 e. The van der Waals surface area contributed by atoms with Crippen LogP contribution in [0.5, 0.6) is 0 Å². The first-order chi connectivity index (χ1) is 16.1. The number of esters is 1. The molecule has 0 saturated heterocycles. The molecule has 9 nitrogen and oxygen atoms in total. The summed E-state index contributed by atoms with van der Waals surface area (Å²) in [5, 5.41) is 16.9. The Morgan fingerprint density at radius 3 is 2.26 bits per heavy atom.